The minimum Gasteiger partial charge on any atom is -0.308 e. The fourth-order valence-corrected chi connectivity index (χ4v) is 8.48. The largest absolute Gasteiger partial charge is 0.308 e. The van der Waals surface area contributed by atoms with E-state index in [9.17, 15) is 0 Å². The monoisotopic (exact) mass is 594 g/mol. The van der Waals surface area contributed by atoms with Crippen LogP contribution in [0.3, 0.4) is 0 Å². The van der Waals surface area contributed by atoms with Gasteiger partial charge in [-0.25, -0.2) is 0 Å². The van der Waals surface area contributed by atoms with Gasteiger partial charge in [0, 0.05) is 33.9 Å². The van der Waals surface area contributed by atoms with Gasteiger partial charge < -0.3 is 4.57 Å². The Kier molecular flexibility index (Phi) is 4.87. The molecular formula is C45H26N2. The summed E-state index contributed by atoms with van der Waals surface area (Å²) in [6.45, 7) is 0. The molecule has 11 rings (SSSR count). The van der Waals surface area contributed by atoms with Crippen LogP contribution in [0.1, 0.15) is 0 Å². The number of benzene rings is 9. The second kappa shape index (κ2) is 9.15. The maximum Gasteiger partial charge on any atom is 0.0619 e. The van der Waals surface area contributed by atoms with Crippen LogP contribution >= 0.6 is 0 Å². The average molecular weight is 595 g/mol. The Morgan fingerprint density at radius 1 is 0.383 bits per heavy atom. The van der Waals surface area contributed by atoms with Crippen molar-refractivity contribution in [1.82, 2.24) is 9.55 Å². The van der Waals surface area contributed by atoms with Gasteiger partial charge >= 0.3 is 0 Å². The minimum atomic E-state index is 1.17. The maximum atomic E-state index is 4.67. The first-order chi connectivity index (χ1) is 23.3. The zero-order valence-electron chi connectivity index (χ0n) is 25.4. The van der Waals surface area contributed by atoms with E-state index in [4.69, 9.17) is 0 Å². The zero-order chi connectivity index (χ0) is 30.6. The number of hydrogen-bond acceptors (Lipinski definition) is 1. The van der Waals surface area contributed by atoms with E-state index in [2.05, 4.69) is 161 Å². The van der Waals surface area contributed by atoms with Crippen molar-refractivity contribution < 1.29 is 0 Å². The summed E-state index contributed by atoms with van der Waals surface area (Å²) in [4.78, 5) is 4.67. The molecule has 0 unspecified atom stereocenters. The molecule has 0 N–H and O–H groups in total. The lowest BCUT2D eigenvalue weighted by Crippen LogP contribution is -1.99. The molecular weight excluding hydrogens is 569 g/mol. The van der Waals surface area contributed by atoms with E-state index in [1.165, 1.54) is 103 Å². The SMILES string of the molecule is c1ccc2c(-c3c4ccccc4c(-n4c5ccncc5c5c6ccc7cccc8ccc(cc54)c6c87)c4ccccc34)cccc2c1. The maximum absolute atomic E-state index is 4.67. The van der Waals surface area contributed by atoms with Crippen LogP contribution in [-0.2, 0) is 0 Å². The molecule has 9 aromatic carbocycles. The van der Waals surface area contributed by atoms with Crippen LogP contribution in [0.15, 0.2) is 158 Å². The Bertz CT molecular complexity index is 2990. The first-order valence-electron chi connectivity index (χ1n) is 16.2. The summed E-state index contributed by atoms with van der Waals surface area (Å²) >= 11 is 0. The molecule has 11 aromatic rings. The lowest BCUT2D eigenvalue weighted by atomic mass is 9.88. The number of rotatable bonds is 2. The summed E-state index contributed by atoms with van der Waals surface area (Å²) in [5.74, 6) is 0. The molecule has 47 heavy (non-hydrogen) atoms. The van der Waals surface area contributed by atoms with Gasteiger partial charge in [0.1, 0.15) is 0 Å². The van der Waals surface area contributed by atoms with Crippen molar-refractivity contribution in [3.63, 3.8) is 0 Å². The third-order valence-corrected chi connectivity index (χ3v) is 10.4. The van der Waals surface area contributed by atoms with Crippen molar-refractivity contribution in [1.29, 1.82) is 0 Å². The number of aromatic nitrogens is 2. The van der Waals surface area contributed by atoms with Crippen molar-refractivity contribution >= 4 is 86.4 Å². The Morgan fingerprint density at radius 2 is 1.00 bits per heavy atom. The number of hydrogen-bond donors (Lipinski definition) is 0. The highest BCUT2D eigenvalue weighted by Crippen LogP contribution is 2.47. The lowest BCUT2D eigenvalue weighted by molar-refractivity contribution is 1.21. The highest BCUT2D eigenvalue weighted by molar-refractivity contribution is 6.33. The third kappa shape index (κ3) is 3.26. The van der Waals surface area contributed by atoms with Gasteiger partial charge in [-0.1, -0.05) is 133 Å². The molecule has 2 heterocycles. The summed E-state index contributed by atoms with van der Waals surface area (Å²) in [6.07, 6.45) is 3.99. The standard InChI is InChI=1S/C45H26N2/c1-2-13-31-27(9-1)10-8-18-32(31)43-33-14-3-5-16-35(33)45(36-17-6-4-15-34(36)43)47-39-23-24-46-26-38(39)44-37-22-21-29-12-7-11-28-19-20-30(25-40(44)47)42(37)41(28)29/h1-26H. The van der Waals surface area contributed by atoms with Crippen LogP contribution in [0.5, 0.6) is 0 Å². The van der Waals surface area contributed by atoms with Crippen LogP contribution < -0.4 is 0 Å². The Labute approximate surface area is 270 Å². The van der Waals surface area contributed by atoms with Crippen LogP contribution in [0.2, 0.25) is 0 Å². The predicted molar refractivity (Wildman–Crippen MR) is 200 cm³/mol. The molecule has 0 aliphatic rings. The second-order valence-corrected chi connectivity index (χ2v) is 12.7. The van der Waals surface area contributed by atoms with Crippen LogP contribution in [0.25, 0.3) is 103 Å². The first-order valence-corrected chi connectivity index (χ1v) is 16.2. The summed E-state index contributed by atoms with van der Waals surface area (Å²) in [7, 11) is 0. The summed E-state index contributed by atoms with van der Waals surface area (Å²) in [6, 6.07) is 53.7. The number of pyridine rings is 1. The molecule has 0 radical (unpaired) electrons. The highest BCUT2D eigenvalue weighted by Gasteiger charge is 2.23. The van der Waals surface area contributed by atoms with Crippen molar-refractivity contribution in [3.8, 4) is 16.8 Å². The van der Waals surface area contributed by atoms with Gasteiger partial charge in [-0.15, -0.1) is 0 Å². The van der Waals surface area contributed by atoms with Crippen molar-refractivity contribution in [3.05, 3.63) is 158 Å². The highest BCUT2D eigenvalue weighted by atomic mass is 15.0. The van der Waals surface area contributed by atoms with Gasteiger partial charge in [0.05, 0.1) is 16.7 Å². The average Bonchev–Trinajstić information content (AvgIpc) is 3.46. The molecule has 2 heteroatoms. The van der Waals surface area contributed by atoms with E-state index in [0.29, 0.717) is 0 Å². The lowest BCUT2D eigenvalue weighted by Gasteiger charge is -2.20. The van der Waals surface area contributed by atoms with E-state index in [1.54, 1.807) is 0 Å². The number of nitrogens with zero attached hydrogens (tertiary/aromatic N) is 2. The van der Waals surface area contributed by atoms with Crippen molar-refractivity contribution in [2.24, 2.45) is 0 Å². The molecule has 0 atom stereocenters. The molecule has 0 aliphatic carbocycles. The summed E-state index contributed by atoms with van der Waals surface area (Å²) in [5.41, 5.74) is 6.11. The van der Waals surface area contributed by atoms with Gasteiger partial charge in [-0.05, 0) is 77.1 Å². The normalized spacial score (nSPS) is 12.3. The zero-order valence-corrected chi connectivity index (χ0v) is 25.4. The smallest absolute Gasteiger partial charge is 0.0619 e. The van der Waals surface area contributed by atoms with E-state index in [1.807, 2.05) is 6.20 Å². The molecule has 2 aromatic heterocycles. The predicted octanol–water partition coefficient (Wildman–Crippen LogP) is 12.2. The molecule has 216 valence electrons. The van der Waals surface area contributed by atoms with Gasteiger partial charge in [-0.3, -0.25) is 4.98 Å². The quantitative estimate of drug-likeness (QED) is 0.144. The van der Waals surface area contributed by atoms with E-state index in [-0.39, 0.29) is 0 Å². The van der Waals surface area contributed by atoms with Crippen molar-refractivity contribution in [2.75, 3.05) is 0 Å². The van der Waals surface area contributed by atoms with E-state index in [0.717, 1.165) is 0 Å². The van der Waals surface area contributed by atoms with Crippen LogP contribution in [-0.4, -0.2) is 9.55 Å². The summed E-state index contributed by atoms with van der Waals surface area (Å²) in [5, 5.41) is 17.7. The second-order valence-electron chi connectivity index (χ2n) is 12.7. The molecule has 0 bridgehead atoms. The minimum absolute atomic E-state index is 1.17. The Balaban J connectivity index is 1.36. The number of fused-ring (bicyclic) bond motifs is 7. The van der Waals surface area contributed by atoms with Gasteiger partial charge in [0.2, 0.25) is 0 Å². The van der Waals surface area contributed by atoms with Crippen LogP contribution in [0.4, 0.5) is 0 Å². The molecule has 0 fully saturated rings. The van der Waals surface area contributed by atoms with Gasteiger partial charge in [0.15, 0.2) is 0 Å². The third-order valence-electron chi connectivity index (χ3n) is 10.4. The van der Waals surface area contributed by atoms with Crippen molar-refractivity contribution in [2.45, 2.75) is 0 Å². The molecule has 0 saturated carbocycles. The topological polar surface area (TPSA) is 17.8 Å². The Hall–Kier alpha value is -6.25. The first kappa shape index (κ1) is 25.0. The molecule has 0 amide bonds. The van der Waals surface area contributed by atoms with Crippen LogP contribution in [0, 0.1) is 0 Å². The van der Waals surface area contributed by atoms with E-state index < -0.39 is 0 Å². The molecule has 0 spiro atoms. The van der Waals surface area contributed by atoms with Gasteiger partial charge in [0.25, 0.3) is 0 Å². The summed E-state index contributed by atoms with van der Waals surface area (Å²) < 4.78 is 2.51. The molecule has 2 nitrogen and oxygen atoms in total. The fraction of sp³-hybridized carbons (Fsp3) is 0. The molecule has 0 aliphatic heterocycles. The van der Waals surface area contributed by atoms with Gasteiger partial charge in [-0.2, -0.15) is 0 Å². The fourth-order valence-electron chi connectivity index (χ4n) is 8.48. The van der Waals surface area contributed by atoms with E-state index >= 15 is 0 Å². The molecule has 0 saturated heterocycles. The Morgan fingerprint density at radius 3 is 1.79 bits per heavy atom.